The first-order chi connectivity index (χ1) is 19.6. The van der Waals surface area contributed by atoms with Crippen LogP contribution in [0.3, 0.4) is 0 Å². The number of aromatic amines is 1. The molecule has 41 heavy (non-hydrogen) atoms. The summed E-state index contributed by atoms with van der Waals surface area (Å²) in [4.78, 5) is 39.6. The number of benzene rings is 2. The van der Waals surface area contributed by atoms with Gasteiger partial charge in [-0.05, 0) is 74.9 Å². The number of allylic oxidation sites excluding steroid dienone is 1. The van der Waals surface area contributed by atoms with Gasteiger partial charge in [-0.1, -0.05) is 12.1 Å². The highest BCUT2D eigenvalue weighted by Gasteiger charge is 2.43. The summed E-state index contributed by atoms with van der Waals surface area (Å²) >= 11 is 0. The molecule has 5 rings (SSSR count). The van der Waals surface area contributed by atoms with Gasteiger partial charge in [0.1, 0.15) is 0 Å². The lowest BCUT2D eigenvalue weighted by Crippen LogP contribution is -2.41. The molecule has 0 saturated carbocycles. The minimum Gasteiger partial charge on any atom is -0.338 e. The van der Waals surface area contributed by atoms with E-state index in [1.54, 1.807) is 54.2 Å². The van der Waals surface area contributed by atoms with Gasteiger partial charge in [0.25, 0.3) is 5.91 Å². The van der Waals surface area contributed by atoms with E-state index in [0.29, 0.717) is 29.3 Å². The van der Waals surface area contributed by atoms with E-state index < -0.39 is 5.54 Å². The van der Waals surface area contributed by atoms with E-state index in [0.717, 1.165) is 22.5 Å². The van der Waals surface area contributed by atoms with Crippen molar-refractivity contribution in [3.8, 4) is 0 Å². The van der Waals surface area contributed by atoms with Gasteiger partial charge < -0.3 is 20.9 Å². The van der Waals surface area contributed by atoms with E-state index in [1.165, 1.54) is 6.08 Å². The normalized spacial score (nSPS) is 13.7. The fourth-order valence-corrected chi connectivity index (χ4v) is 4.91. The first-order valence-corrected chi connectivity index (χ1v) is 13.2. The molecule has 3 heterocycles. The summed E-state index contributed by atoms with van der Waals surface area (Å²) in [5.74, 6) is 0.128. The predicted molar refractivity (Wildman–Crippen MR) is 157 cm³/mol. The number of hydrogen-bond donors (Lipinski definition) is 4. The van der Waals surface area contributed by atoms with Crippen LogP contribution in [0.2, 0.25) is 0 Å². The van der Waals surface area contributed by atoms with E-state index in [2.05, 4.69) is 31.2 Å². The molecule has 0 unspecified atom stereocenters. The summed E-state index contributed by atoms with van der Waals surface area (Å²) in [5.41, 5.74) is 4.51. The number of carbonyl (C=O) groups excluding carboxylic acids is 3. The molecular weight excluding hydrogens is 520 g/mol. The molecule has 0 radical (unpaired) electrons. The Bertz CT molecular complexity index is 1630. The van der Waals surface area contributed by atoms with Gasteiger partial charge in [0.2, 0.25) is 11.8 Å². The van der Waals surface area contributed by atoms with E-state index in [1.807, 2.05) is 50.2 Å². The number of fused-ring (bicyclic) bond motifs is 1. The lowest BCUT2D eigenvalue weighted by molar-refractivity contribution is -0.136. The van der Waals surface area contributed by atoms with E-state index in [4.69, 9.17) is 0 Å². The Labute approximate surface area is 237 Å². The molecule has 11 heteroatoms. The molecule has 0 spiro atoms. The maximum Gasteiger partial charge on any atom is 0.255 e. The van der Waals surface area contributed by atoms with Crippen LogP contribution in [0.4, 0.5) is 22.9 Å². The quantitative estimate of drug-likeness (QED) is 0.238. The van der Waals surface area contributed by atoms with Crippen molar-refractivity contribution in [1.82, 2.24) is 24.9 Å². The molecule has 3 amide bonds. The van der Waals surface area contributed by atoms with Crippen LogP contribution in [0.25, 0.3) is 0 Å². The van der Waals surface area contributed by atoms with E-state index >= 15 is 0 Å². The number of rotatable bonds is 8. The summed E-state index contributed by atoms with van der Waals surface area (Å²) < 4.78 is 1.69. The van der Waals surface area contributed by atoms with Crippen LogP contribution in [0, 0.1) is 0 Å². The van der Waals surface area contributed by atoms with Crippen molar-refractivity contribution in [3.05, 3.63) is 95.5 Å². The third-order valence-corrected chi connectivity index (χ3v) is 7.00. The summed E-state index contributed by atoms with van der Waals surface area (Å²) in [6.07, 6.45) is 6.91. The SMILES string of the molecule is C/C=C/C(=O)Nc1ccc(C(=O)Nc2cccc(Nc3n[nH]c4c3CN(C(=O)Cc3cnn(C)c3)C4(C)C)c2)cc1. The van der Waals surface area contributed by atoms with Gasteiger partial charge in [0, 0.05) is 41.4 Å². The number of amides is 3. The van der Waals surface area contributed by atoms with Crippen molar-refractivity contribution >= 4 is 40.6 Å². The minimum atomic E-state index is -0.553. The van der Waals surface area contributed by atoms with Crippen molar-refractivity contribution in [2.75, 3.05) is 16.0 Å². The third-order valence-electron chi connectivity index (χ3n) is 7.00. The second kappa shape index (κ2) is 11.1. The van der Waals surface area contributed by atoms with Crippen LogP contribution in [0.5, 0.6) is 0 Å². The predicted octanol–water partition coefficient (Wildman–Crippen LogP) is 4.47. The van der Waals surface area contributed by atoms with Gasteiger partial charge in [0.05, 0.1) is 30.4 Å². The standard InChI is InChI=1S/C30H32N8O3/c1-5-7-25(39)32-21-12-10-20(11-13-21)29(41)34-23-9-6-8-22(15-23)33-28-24-18-38(30(2,3)27(24)35-36-28)26(40)14-19-16-31-37(4)17-19/h5-13,15-17H,14,18H2,1-4H3,(H,32,39)(H,34,41)(H2,33,35,36)/b7-5+. The van der Waals surface area contributed by atoms with Crippen LogP contribution in [0.15, 0.2) is 73.1 Å². The lowest BCUT2D eigenvalue weighted by atomic mass is 10.00. The molecule has 4 aromatic rings. The second-order valence-corrected chi connectivity index (χ2v) is 10.4. The van der Waals surface area contributed by atoms with Gasteiger partial charge in [-0.2, -0.15) is 10.2 Å². The largest absolute Gasteiger partial charge is 0.338 e. The number of nitrogens with zero attached hydrogens (tertiary/aromatic N) is 4. The first-order valence-electron chi connectivity index (χ1n) is 13.2. The van der Waals surface area contributed by atoms with Crippen LogP contribution in [0.1, 0.15) is 48.0 Å². The summed E-state index contributed by atoms with van der Waals surface area (Å²) in [6, 6.07) is 14.0. The molecular formula is C30H32N8O3. The maximum absolute atomic E-state index is 13.2. The molecule has 0 bridgehead atoms. The fraction of sp³-hybridized carbons (Fsp3) is 0.233. The summed E-state index contributed by atoms with van der Waals surface area (Å²) in [5, 5.41) is 20.7. The molecule has 4 N–H and O–H groups in total. The van der Waals surface area contributed by atoms with Gasteiger partial charge in [-0.3, -0.25) is 24.2 Å². The van der Waals surface area contributed by atoms with Crippen LogP contribution in [-0.4, -0.2) is 42.6 Å². The van der Waals surface area contributed by atoms with Crippen molar-refractivity contribution < 1.29 is 14.4 Å². The first kappa shape index (κ1) is 27.4. The molecule has 2 aromatic carbocycles. The number of hydrogen-bond acceptors (Lipinski definition) is 6. The third kappa shape index (κ3) is 5.88. The van der Waals surface area contributed by atoms with Crippen molar-refractivity contribution in [1.29, 1.82) is 0 Å². The number of anilines is 4. The zero-order valence-electron chi connectivity index (χ0n) is 23.4. The van der Waals surface area contributed by atoms with Crippen molar-refractivity contribution in [2.24, 2.45) is 7.05 Å². The number of aryl methyl sites for hydroxylation is 1. The monoisotopic (exact) mass is 552 g/mol. The van der Waals surface area contributed by atoms with E-state index in [9.17, 15) is 14.4 Å². The molecule has 0 atom stereocenters. The van der Waals surface area contributed by atoms with Gasteiger partial charge in [0.15, 0.2) is 5.82 Å². The zero-order valence-corrected chi connectivity index (χ0v) is 23.4. The highest BCUT2D eigenvalue weighted by molar-refractivity contribution is 6.05. The molecule has 11 nitrogen and oxygen atoms in total. The van der Waals surface area contributed by atoms with Crippen molar-refractivity contribution in [2.45, 2.75) is 39.3 Å². The zero-order chi connectivity index (χ0) is 29.1. The van der Waals surface area contributed by atoms with Crippen LogP contribution < -0.4 is 16.0 Å². The molecule has 0 saturated heterocycles. The molecule has 0 aliphatic carbocycles. The summed E-state index contributed by atoms with van der Waals surface area (Å²) in [6.45, 7) is 6.19. The van der Waals surface area contributed by atoms with Gasteiger partial charge in [-0.15, -0.1) is 0 Å². The Morgan fingerprint density at radius 1 is 1.05 bits per heavy atom. The number of nitrogens with one attached hydrogen (secondary N) is 4. The summed E-state index contributed by atoms with van der Waals surface area (Å²) in [7, 11) is 1.83. The minimum absolute atomic E-state index is 0.0106. The van der Waals surface area contributed by atoms with Crippen molar-refractivity contribution in [3.63, 3.8) is 0 Å². The van der Waals surface area contributed by atoms with Crippen LogP contribution in [-0.2, 0) is 35.1 Å². The Hall–Kier alpha value is -5.19. The Morgan fingerprint density at radius 2 is 1.80 bits per heavy atom. The highest BCUT2D eigenvalue weighted by Crippen LogP contribution is 2.41. The van der Waals surface area contributed by atoms with Crippen LogP contribution >= 0.6 is 0 Å². The molecule has 1 aliphatic rings. The molecule has 1 aliphatic heterocycles. The molecule has 2 aromatic heterocycles. The highest BCUT2D eigenvalue weighted by atomic mass is 16.2. The fourth-order valence-electron chi connectivity index (χ4n) is 4.91. The Kier molecular flexibility index (Phi) is 7.43. The number of carbonyl (C=O) groups is 3. The topological polar surface area (TPSA) is 137 Å². The average molecular weight is 553 g/mol. The van der Waals surface area contributed by atoms with Gasteiger partial charge in [-0.25, -0.2) is 0 Å². The lowest BCUT2D eigenvalue weighted by Gasteiger charge is -2.31. The smallest absolute Gasteiger partial charge is 0.255 e. The Balaban J connectivity index is 1.25. The molecule has 210 valence electrons. The Morgan fingerprint density at radius 3 is 2.51 bits per heavy atom. The number of H-pyrrole nitrogens is 1. The molecule has 0 fully saturated rings. The van der Waals surface area contributed by atoms with E-state index in [-0.39, 0.29) is 24.1 Å². The average Bonchev–Trinajstić information content (AvgIpc) is 3.60. The van der Waals surface area contributed by atoms with Gasteiger partial charge >= 0.3 is 0 Å². The maximum atomic E-state index is 13.2. The number of aromatic nitrogens is 4. The second-order valence-electron chi connectivity index (χ2n) is 10.4.